The topological polar surface area (TPSA) is 52.0 Å². The first-order valence-electron chi connectivity index (χ1n) is 20.7. The van der Waals surface area contributed by atoms with Crippen molar-refractivity contribution in [3.8, 4) is 0 Å². The van der Waals surface area contributed by atoms with E-state index in [0.29, 0.717) is 17.8 Å². The van der Waals surface area contributed by atoms with Crippen molar-refractivity contribution in [2.45, 2.75) is 155 Å². The average molecular weight is 685 g/mol. The minimum absolute atomic E-state index is 0.0248. The molecule has 2 heteroatoms. The molecule has 4 aromatic rings. The van der Waals surface area contributed by atoms with Crippen LogP contribution >= 0.6 is 0 Å². The third-order valence-corrected chi connectivity index (χ3v) is 12.4. The van der Waals surface area contributed by atoms with Crippen molar-refractivity contribution in [2.75, 3.05) is 11.5 Å². The molecule has 1 fully saturated rings. The quantitative estimate of drug-likeness (QED) is 0.0809. The summed E-state index contributed by atoms with van der Waals surface area (Å²) in [6.07, 6.45) is 20.5. The molecule has 5 rings (SSSR count). The van der Waals surface area contributed by atoms with Crippen LogP contribution in [-0.4, -0.2) is 0 Å². The number of hydrogen-bond donors (Lipinski definition) is 2. The molecule has 2 atom stereocenters. The highest BCUT2D eigenvalue weighted by molar-refractivity contribution is 5.51. The molecule has 0 radical (unpaired) electrons. The summed E-state index contributed by atoms with van der Waals surface area (Å²) in [5, 5.41) is 0. The van der Waals surface area contributed by atoms with Crippen molar-refractivity contribution >= 4 is 11.4 Å². The van der Waals surface area contributed by atoms with Crippen LogP contribution in [-0.2, 0) is 5.41 Å². The Morgan fingerprint density at radius 2 is 1.00 bits per heavy atom. The predicted octanol–water partition coefficient (Wildman–Crippen LogP) is 13.9. The van der Waals surface area contributed by atoms with E-state index in [1.54, 1.807) is 0 Å². The first-order chi connectivity index (χ1) is 24.8. The zero-order valence-electron chi connectivity index (χ0n) is 32.8. The van der Waals surface area contributed by atoms with Crippen molar-refractivity contribution in [2.24, 2.45) is 5.92 Å². The third kappa shape index (κ3) is 9.29. The largest absolute Gasteiger partial charge is 0.399 e. The van der Waals surface area contributed by atoms with Gasteiger partial charge in [-0.05, 0) is 121 Å². The minimum Gasteiger partial charge on any atom is -0.399 e. The lowest BCUT2D eigenvalue weighted by Gasteiger charge is -2.45. The molecular weight excluding hydrogens is 617 g/mol. The Hall–Kier alpha value is -3.52. The highest BCUT2D eigenvalue weighted by atomic mass is 14.5. The molecule has 0 bridgehead atoms. The molecule has 0 saturated heterocycles. The smallest absolute Gasteiger partial charge is 0.0316 e. The summed E-state index contributed by atoms with van der Waals surface area (Å²) in [6.45, 7) is 11.4. The van der Waals surface area contributed by atoms with Crippen LogP contribution in [0.15, 0.2) is 84.9 Å². The Kier molecular flexibility index (Phi) is 14.3. The van der Waals surface area contributed by atoms with E-state index in [0.717, 1.165) is 37.1 Å². The zero-order chi connectivity index (χ0) is 36.2. The van der Waals surface area contributed by atoms with Gasteiger partial charge in [0.2, 0.25) is 0 Å². The molecule has 51 heavy (non-hydrogen) atoms. The molecule has 2 unspecified atom stereocenters. The second-order valence-electron chi connectivity index (χ2n) is 16.0. The number of hydrogen-bond acceptors (Lipinski definition) is 2. The van der Waals surface area contributed by atoms with Crippen LogP contribution in [0.3, 0.4) is 0 Å². The van der Waals surface area contributed by atoms with Gasteiger partial charge in [0.1, 0.15) is 0 Å². The molecular formula is C49H68N2. The Morgan fingerprint density at radius 3 is 1.43 bits per heavy atom. The van der Waals surface area contributed by atoms with Crippen LogP contribution in [0.4, 0.5) is 11.4 Å². The van der Waals surface area contributed by atoms with E-state index >= 15 is 0 Å². The van der Waals surface area contributed by atoms with Gasteiger partial charge in [-0.1, -0.05) is 152 Å². The van der Waals surface area contributed by atoms with Gasteiger partial charge in [-0.25, -0.2) is 0 Å². The second-order valence-corrected chi connectivity index (χ2v) is 16.0. The van der Waals surface area contributed by atoms with Gasteiger partial charge in [0.15, 0.2) is 0 Å². The molecule has 0 spiro atoms. The molecule has 4 N–H and O–H groups in total. The van der Waals surface area contributed by atoms with Crippen molar-refractivity contribution in [1.82, 2.24) is 0 Å². The SMILES string of the molecule is CCCCCCCCC(c1ccc(C(CCC)c2ccc(N)cc2C)cc1)(c1ccc(C(CCC)c2ccc(N)cc2C)cc1)C1CCCCC1. The van der Waals surface area contributed by atoms with Crippen LogP contribution in [0.2, 0.25) is 0 Å². The predicted molar refractivity (Wildman–Crippen MR) is 223 cm³/mol. The lowest BCUT2D eigenvalue weighted by molar-refractivity contribution is 0.220. The molecule has 0 amide bonds. The van der Waals surface area contributed by atoms with Crippen LogP contribution in [0.5, 0.6) is 0 Å². The number of aryl methyl sites for hydroxylation is 2. The maximum atomic E-state index is 6.19. The Balaban J connectivity index is 1.57. The van der Waals surface area contributed by atoms with Gasteiger partial charge in [-0.15, -0.1) is 0 Å². The number of anilines is 2. The normalized spacial score (nSPS) is 16.1. The summed E-state index contributed by atoms with van der Waals surface area (Å²) >= 11 is 0. The van der Waals surface area contributed by atoms with Crippen LogP contribution < -0.4 is 11.5 Å². The number of nitrogen functional groups attached to an aromatic ring is 2. The maximum absolute atomic E-state index is 6.19. The highest BCUT2D eigenvalue weighted by Crippen LogP contribution is 2.50. The van der Waals surface area contributed by atoms with Gasteiger partial charge in [0.05, 0.1) is 0 Å². The molecule has 0 aromatic heterocycles. The second kappa shape index (κ2) is 18.8. The van der Waals surface area contributed by atoms with E-state index in [4.69, 9.17) is 11.5 Å². The van der Waals surface area contributed by atoms with Crippen molar-refractivity contribution in [3.05, 3.63) is 129 Å². The summed E-state index contributed by atoms with van der Waals surface area (Å²) in [5.41, 5.74) is 25.5. The van der Waals surface area contributed by atoms with Gasteiger partial charge in [0.25, 0.3) is 0 Å². The van der Waals surface area contributed by atoms with E-state index in [-0.39, 0.29) is 5.41 Å². The number of rotatable bonds is 18. The first kappa shape index (κ1) is 38.7. The first-order valence-corrected chi connectivity index (χ1v) is 20.7. The molecule has 0 aliphatic heterocycles. The lowest BCUT2D eigenvalue weighted by Crippen LogP contribution is -2.38. The summed E-state index contributed by atoms with van der Waals surface area (Å²) in [7, 11) is 0. The third-order valence-electron chi connectivity index (χ3n) is 12.4. The fourth-order valence-corrected chi connectivity index (χ4v) is 9.70. The van der Waals surface area contributed by atoms with Crippen LogP contribution in [0, 0.1) is 19.8 Å². The van der Waals surface area contributed by atoms with Gasteiger partial charge < -0.3 is 11.5 Å². The molecule has 274 valence electrons. The van der Waals surface area contributed by atoms with Crippen molar-refractivity contribution in [3.63, 3.8) is 0 Å². The molecule has 0 heterocycles. The van der Waals surface area contributed by atoms with Gasteiger partial charge in [0, 0.05) is 28.6 Å². The summed E-state index contributed by atoms with van der Waals surface area (Å²) in [4.78, 5) is 0. The van der Waals surface area contributed by atoms with E-state index in [1.165, 1.54) is 122 Å². The Bertz CT molecular complexity index is 1520. The maximum Gasteiger partial charge on any atom is 0.0316 e. The van der Waals surface area contributed by atoms with Crippen LogP contribution in [0.25, 0.3) is 0 Å². The summed E-state index contributed by atoms with van der Waals surface area (Å²) < 4.78 is 0. The average Bonchev–Trinajstić information content (AvgIpc) is 3.14. The summed E-state index contributed by atoms with van der Waals surface area (Å²) in [5.74, 6) is 1.44. The fourth-order valence-electron chi connectivity index (χ4n) is 9.70. The monoisotopic (exact) mass is 685 g/mol. The Labute approximate surface area is 311 Å². The van der Waals surface area contributed by atoms with E-state index in [1.807, 2.05) is 0 Å². The molecule has 1 saturated carbocycles. The van der Waals surface area contributed by atoms with Gasteiger partial charge in [-0.3, -0.25) is 0 Å². The molecule has 2 nitrogen and oxygen atoms in total. The number of benzene rings is 4. The number of unbranched alkanes of at least 4 members (excludes halogenated alkanes) is 5. The van der Waals surface area contributed by atoms with E-state index in [9.17, 15) is 0 Å². The molecule has 1 aliphatic rings. The minimum atomic E-state index is 0.0248. The standard InChI is InChI=1S/C49H68N2/c1-6-9-10-11-12-16-33-49(40-19-14-13-15-20-40,41-25-21-38(22-26-41)47(17-7-2)45-31-29-43(50)34-36(45)4)42-27-23-39(24-28-42)48(18-8-3)46-32-30-44(51)35-37(46)5/h21-32,34-35,40,47-48H,6-20,33,50-51H2,1-5H3. The zero-order valence-corrected chi connectivity index (χ0v) is 32.8. The Morgan fingerprint density at radius 1 is 0.549 bits per heavy atom. The summed E-state index contributed by atoms with van der Waals surface area (Å²) in [6, 6.07) is 33.1. The number of nitrogens with two attached hydrogens (primary N) is 2. The van der Waals surface area contributed by atoms with Gasteiger partial charge >= 0.3 is 0 Å². The van der Waals surface area contributed by atoms with Crippen molar-refractivity contribution in [1.29, 1.82) is 0 Å². The lowest BCUT2D eigenvalue weighted by atomic mass is 9.59. The van der Waals surface area contributed by atoms with Crippen LogP contribution in [0.1, 0.15) is 180 Å². The highest BCUT2D eigenvalue weighted by Gasteiger charge is 2.42. The van der Waals surface area contributed by atoms with E-state index < -0.39 is 0 Å². The van der Waals surface area contributed by atoms with Crippen molar-refractivity contribution < 1.29 is 0 Å². The van der Waals surface area contributed by atoms with E-state index in [2.05, 4.69) is 120 Å². The fraction of sp³-hybridized carbons (Fsp3) is 0.510. The molecule has 4 aromatic carbocycles. The van der Waals surface area contributed by atoms with Gasteiger partial charge in [-0.2, -0.15) is 0 Å². The molecule has 1 aliphatic carbocycles.